The molecule has 2 rings (SSSR count). The Morgan fingerprint density at radius 3 is 2.78 bits per heavy atom. The Hall–Kier alpha value is -0.640. The van der Waals surface area contributed by atoms with Crippen LogP contribution in [-0.2, 0) is 18.9 Å². The van der Waals surface area contributed by atoms with Crippen molar-refractivity contribution in [2.45, 2.75) is 70.1 Å². The van der Waals surface area contributed by atoms with Crippen LogP contribution in [0.1, 0.15) is 45.4 Å². The SMILES string of the molecule is CCCCCC(C#CC1C(O)CC2OC(OC)CC21)OCOC. The van der Waals surface area contributed by atoms with E-state index in [1.807, 2.05) is 0 Å². The molecule has 2 aliphatic rings. The molecule has 6 unspecified atom stereocenters. The summed E-state index contributed by atoms with van der Waals surface area (Å²) in [4.78, 5) is 0. The smallest absolute Gasteiger partial charge is 0.157 e. The monoisotopic (exact) mass is 326 g/mol. The summed E-state index contributed by atoms with van der Waals surface area (Å²) in [7, 11) is 3.27. The summed E-state index contributed by atoms with van der Waals surface area (Å²) in [6, 6.07) is 0. The average molecular weight is 326 g/mol. The molecular weight excluding hydrogens is 296 g/mol. The van der Waals surface area contributed by atoms with Crippen molar-refractivity contribution in [2.75, 3.05) is 21.0 Å². The largest absolute Gasteiger partial charge is 0.392 e. The van der Waals surface area contributed by atoms with Gasteiger partial charge in [0.25, 0.3) is 0 Å². The van der Waals surface area contributed by atoms with Gasteiger partial charge in [-0.05, 0) is 12.8 Å². The van der Waals surface area contributed by atoms with Crippen molar-refractivity contribution in [3.63, 3.8) is 0 Å². The molecule has 0 radical (unpaired) electrons. The highest BCUT2D eigenvalue weighted by Gasteiger charge is 2.48. The van der Waals surface area contributed by atoms with Gasteiger partial charge in [-0.25, -0.2) is 0 Å². The summed E-state index contributed by atoms with van der Waals surface area (Å²) in [6.45, 7) is 2.43. The van der Waals surface area contributed by atoms with Crippen LogP contribution in [0.2, 0.25) is 0 Å². The molecule has 1 aliphatic heterocycles. The Balaban J connectivity index is 1.95. The Morgan fingerprint density at radius 1 is 1.26 bits per heavy atom. The van der Waals surface area contributed by atoms with Crippen molar-refractivity contribution in [2.24, 2.45) is 11.8 Å². The molecular formula is C18H30O5. The van der Waals surface area contributed by atoms with Crippen LogP contribution >= 0.6 is 0 Å². The lowest BCUT2D eigenvalue weighted by Gasteiger charge is -2.16. The van der Waals surface area contributed by atoms with Crippen molar-refractivity contribution >= 4 is 0 Å². The molecule has 1 N–H and O–H groups in total. The lowest BCUT2D eigenvalue weighted by atomic mass is 9.92. The lowest BCUT2D eigenvalue weighted by Crippen LogP contribution is -2.20. The second-order valence-corrected chi connectivity index (χ2v) is 6.41. The minimum absolute atomic E-state index is 0.0556. The minimum Gasteiger partial charge on any atom is -0.392 e. The molecule has 0 aromatic heterocycles. The molecule has 0 aromatic rings. The van der Waals surface area contributed by atoms with E-state index < -0.39 is 6.10 Å². The van der Waals surface area contributed by atoms with E-state index in [-0.39, 0.29) is 37.1 Å². The van der Waals surface area contributed by atoms with Gasteiger partial charge >= 0.3 is 0 Å². The molecule has 0 amide bonds. The van der Waals surface area contributed by atoms with E-state index in [9.17, 15) is 5.11 Å². The molecule has 0 aromatic carbocycles. The summed E-state index contributed by atoms with van der Waals surface area (Å²) in [5.74, 6) is 6.69. The zero-order chi connectivity index (χ0) is 16.7. The third-order valence-electron chi connectivity index (χ3n) is 4.75. The Bertz CT molecular complexity index is 402. The predicted molar refractivity (Wildman–Crippen MR) is 86.6 cm³/mol. The van der Waals surface area contributed by atoms with Crippen LogP contribution in [-0.4, -0.2) is 50.7 Å². The van der Waals surface area contributed by atoms with Crippen LogP contribution in [0, 0.1) is 23.7 Å². The first-order chi connectivity index (χ1) is 11.2. The first kappa shape index (κ1) is 18.7. The number of ether oxygens (including phenoxy) is 4. The first-order valence-corrected chi connectivity index (χ1v) is 8.67. The fraction of sp³-hybridized carbons (Fsp3) is 0.889. The Morgan fingerprint density at radius 2 is 2.09 bits per heavy atom. The molecule has 6 atom stereocenters. The van der Waals surface area contributed by atoms with E-state index in [0.29, 0.717) is 6.42 Å². The zero-order valence-corrected chi connectivity index (χ0v) is 14.5. The van der Waals surface area contributed by atoms with Gasteiger partial charge in [0.05, 0.1) is 18.1 Å². The molecule has 1 heterocycles. The molecule has 5 heteroatoms. The maximum Gasteiger partial charge on any atom is 0.157 e. The van der Waals surface area contributed by atoms with E-state index in [1.165, 1.54) is 12.8 Å². The zero-order valence-electron chi connectivity index (χ0n) is 14.5. The van der Waals surface area contributed by atoms with Gasteiger partial charge in [-0.1, -0.05) is 31.6 Å². The van der Waals surface area contributed by atoms with Gasteiger partial charge in [-0.15, -0.1) is 0 Å². The number of methoxy groups -OCH3 is 2. The number of unbranched alkanes of at least 4 members (excludes halogenated alkanes) is 2. The number of aliphatic hydroxyl groups excluding tert-OH is 1. The standard InChI is InChI=1S/C18H30O5/c1-4-5-6-7-13(22-12-20-2)8-9-14-15-10-18(21-3)23-17(15)11-16(14)19/h13-19H,4-7,10-12H2,1-3H3. The van der Waals surface area contributed by atoms with Crippen molar-refractivity contribution < 1.29 is 24.1 Å². The third-order valence-corrected chi connectivity index (χ3v) is 4.75. The fourth-order valence-corrected chi connectivity index (χ4v) is 3.47. The number of rotatable bonds is 8. The van der Waals surface area contributed by atoms with Gasteiger partial charge in [0.15, 0.2) is 6.29 Å². The normalized spacial score (nSPS) is 34.0. The maximum atomic E-state index is 10.3. The van der Waals surface area contributed by atoms with Gasteiger partial charge in [0.1, 0.15) is 12.9 Å². The molecule has 5 nitrogen and oxygen atoms in total. The molecule has 1 aliphatic carbocycles. The summed E-state index contributed by atoms with van der Waals surface area (Å²) in [5.41, 5.74) is 0. The van der Waals surface area contributed by atoms with Gasteiger partial charge in [0.2, 0.25) is 0 Å². The molecule has 132 valence electrons. The van der Waals surface area contributed by atoms with Crippen molar-refractivity contribution in [1.82, 2.24) is 0 Å². The summed E-state index contributed by atoms with van der Waals surface area (Å²) in [6.07, 6.45) is 5.13. The molecule has 0 bridgehead atoms. The third kappa shape index (κ3) is 5.17. The number of hydrogen-bond donors (Lipinski definition) is 1. The van der Waals surface area contributed by atoms with E-state index in [4.69, 9.17) is 18.9 Å². The Labute approximate surface area is 139 Å². The molecule has 1 saturated carbocycles. The van der Waals surface area contributed by atoms with Crippen LogP contribution in [0.4, 0.5) is 0 Å². The predicted octanol–water partition coefficient (Wildman–Crippen LogP) is 2.32. The number of aliphatic hydroxyl groups is 1. The number of hydrogen-bond acceptors (Lipinski definition) is 5. The van der Waals surface area contributed by atoms with Crippen molar-refractivity contribution in [3.05, 3.63) is 0 Å². The molecule has 1 saturated heterocycles. The summed E-state index contributed by atoms with van der Waals surface area (Å²) in [5, 5.41) is 10.3. The van der Waals surface area contributed by atoms with Crippen LogP contribution in [0.15, 0.2) is 0 Å². The highest BCUT2D eigenvalue weighted by Crippen LogP contribution is 2.43. The second kappa shape index (κ2) is 9.61. The summed E-state index contributed by atoms with van der Waals surface area (Å²) < 4.78 is 21.7. The van der Waals surface area contributed by atoms with Gasteiger partial charge in [-0.3, -0.25) is 0 Å². The second-order valence-electron chi connectivity index (χ2n) is 6.41. The highest BCUT2D eigenvalue weighted by molar-refractivity contribution is 5.16. The minimum atomic E-state index is -0.422. The first-order valence-electron chi connectivity index (χ1n) is 8.67. The van der Waals surface area contributed by atoms with Crippen LogP contribution in [0.3, 0.4) is 0 Å². The molecule has 23 heavy (non-hydrogen) atoms. The summed E-state index contributed by atoms with van der Waals surface area (Å²) >= 11 is 0. The van der Waals surface area contributed by atoms with E-state index in [2.05, 4.69) is 18.8 Å². The lowest BCUT2D eigenvalue weighted by molar-refractivity contribution is -0.118. The van der Waals surface area contributed by atoms with Crippen LogP contribution < -0.4 is 0 Å². The van der Waals surface area contributed by atoms with Crippen molar-refractivity contribution in [3.8, 4) is 11.8 Å². The van der Waals surface area contributed by atoms with Crippen LogP contribution in [0.25, 0.3) is 0 Å². The topological polar surface area (TPSA) is 57.2 Å². The van der Waals surface area contributed by atoms with Crippen LogP contribution in [0.5, 0.6) is 0 Å². The molecule has 2 fully saturated rings. The van der Waals surface area contributed by atoms with Gasteiger partial charge < -0.3 is 24.1 Å². The average Bonchev–Trinajstić information content (AvgIpc) is 3.06. The van der Waals surface area contributed by atoms with Gasteiger partial charge in [0, 0.05) is 33.0 Å². The number of fused-ring (bicyclic) bond motifs is 1. The molecule has 0 spiro atoms. The van der Waals surface area contributed by atoms with E-state index >= 15 is 0 Å². The maximum absolute atomic E-state index is 10.3. The highest BCUT2D eigenvalue weighted by atomic mass is 16.7. The van der Waals surface area contributed by atoms with Crippen molar-refractivity contribution in [1.29, 1.82) is 0 Å². The quantitative estimate of drug-likeness (QED) is 0.421. The fourth-order valence-electron chi connectivity index (χ4n) is 3.47. The van der Waals surface area contributed by atoms with E-state index in [0.717, 1.165) is 19.3 Å². The van der Waals surface area contributed by atoms with Gasteiger partial charge in [-0.2, -0.15) is 0 Å². The van der Waals surface area contributed by atoms with E-state index in [1.54, 1.807) is 14.2 Å². The Kier molecular flexibility index (Phi) is 7.81.